The average Bonchev–Trinajstić information content (AvgIpc) is 2.79. The monoisotopic (exact) mass is 345 g/mol. The summed E-state index contributed by atoms with van der Waals surface area (Å²) in [6, 6.07) is 5.30. The Morgan fingerprint density at radius 2 is 2.04 bits per heavy atom. The normalized spacial score (nSPS) is 13.1. The van der Waals surface area contributed by atoms with Crippen LogP contribution >= 0.6 is 11.6 Å². The Bertz CT molecular complexity index is 775. The van der Waals surface area contributed by atoms with Gasteiger partial charge in [-0.15, -0.1) is 0 Å². The first-order chi connectivity index (χ1) is 10.7. The molecule has 0 unspecified atom stereocenters. The molecule has 1 heterocycles. The first-order valence-electron chi connectivity index (χ1n) is 7.00. The van der Waals surface area contributed by atoms with E-state index in [2.05, 4.69) is 4.98 Å². The molecule has 0 radical (unpaired) electrons. The highest BCUT2D eigenvalue weighted by Gasteiger charge is 2.34. The predicted molar refractivity (Wildman–Crippen MR) is 84.7 cm³/mol. The highest BCUT2D eigenvalue weighted by Crippen LogP contribution is 2.29. The molecule has 0 aliphatic carbocycles. The van der Waals surface area contributed by atoms with Gasteiger partial charge in [0.25, 0.3) is 0 Å². The van der Waals surface area contributed by atoms with Crippen LogP contribution in [-0.2, 0) is 0 Å². The van der Waals surface area contributed by atoms with Crippen LogP contribution in [-0.4, -0.2) is 28.5 Å². The van der Waals surface area contributed by atoms with E-state index >= 15 is 0 Å². The summed E-state index contributed by atoms with van der Waals surface area (Å²) in [5.74, 6) is 0. The Kier molecular flexibility index (Phi) is 4.81. The number of allylic oxidation sites excluding steroid dienone is 1. The minimum Gasteiger partial charge on any atom is -0.316 e. The highest BCUT2D eigenvalue weighted by atomic mass is 35.5. The Balaban J connectivity index is 2.65. The zero-order valence-corrected chi connectivity index (χ0v) is 13.6. The van der Waals surface area contributed by atoms with Crippen molar-refractivity contribution < 1.29 is 18.5 Å². The molecule has 0 spiro atoms. The van der Waals surface area contributed by atoms with E-state index in [0.717, 1.165) is 11.6 Å². The number of nitrogens with zero attached hydrogens (tertiary/aromatic N) is 2. The molecule has 0 bridgehead atoms. The molecule has 8 heteroatoms. The van der Waals surface area contributed by atoms with Crippen LogP contribution in [0.1, 0.15) is 25.5 Å². The van der Waals surface area contributed by atoms with Gasteiger partial charge in [0.15, 0.2) is 0 Å². The van der Waals surface area contributed by atoms with Gasteiger partial charge in [-0.1, -0.05) is 6.07 Å². The number of halogens is 4. The molecule has 124 valence electrons. The van der Waals surface area contributed by atoms with E-state index in [4.69, 9.17) is 17.0 Å². The Labute approximate surface area is 136 Å². The van der Waals surface area contributed by atoms with E-state index in [1.807, 2.05) is 24.5 Å². The number of quaternary nitrogens is 1. The zero-order chi connectivity index (χ0) is 17.4. The molecule has 4 nitrogen and oxygen atoms in total. The number of nitrogens with one attached hydrogen (secondary N) is 1. The van der Waals surface area contributed by atoms with Crippen molar-refractivity contribution in [3.05, 3.63) is 35.1 Å². The van der Waals surface area contributed by atoms with E-state index in [1.54, 1.807) is 19.2 Å². The van der Waals surface area contributed by atoms with Gasteiger partial charge in [0, 0.05) is 12.1 Å². The number of hydrogen-bond donors (Lipinski definition) is 2. The van der Waals surface area contributed by atoms with Crippen LogP contribution in [0.15, 0.2) is 24.3 Å². The maximum Gasteiger partial charge on any atom is 0.432 e. The van der Waals surface area contributed by atoms with Crippen LogP contribution in [0.2, 0.25) is 5.28 Å². The van der Waals surface area contributed by atoms with Crippen LogP contribution in [0.5, 0.6) is 0 Å². The lowest BCUT2D eigenvalue weighted by atomic mass is 10.1. The smallest absolute Gasteiger partial charge is 0.316 e. The molecule has 0 amide bonds. The molecule has 0 saturated carbocycles. The van der Waals surface area contributed by atoms with Crippen molar-refractivity contribution in [2.24, 2.45) is 0 Å². The van der Waals surface area contributed by atoms with Crippen molar-refractivity contribution in [3.63, 3.8) is 0 Å². The molecule has 0 aliphatic heterocycles. The van der Waals surface area contributed by atoms with E-state index in [-0.39, 0.29) is 17.0 Å². The van der Waals surface area contributed by atoms with Crippen molar-refractivity contribution in [1.82, 2.24) is 9.55 Å². The van der Waals surface area contributed by atoms with Gasteiger partial charge < -0.3 is 9.88 Å². The SMILES string of the molecule is C[NH2+]/C(=C\C(=N)C(F)(F)F)c1cccc2c1nc(Cl)n2C(C)C. The molecular formula is C15H17ClF3N4+. The minimum absolute atomic E-state index is 0.0641. The summed E-state index contributed by atoms with van der Waals surface area (Å²) >= 11 is 6.16. The van der Waals surface area contributed by atoms with Gasteiger partial charge in [-0.05, 0) is 37.6 Å². The first kappa shape index (κ1) is 17.5. The number of para-hydroxylation sites is 1. The van der Waals surface area contributed by atoms with E-state index in [0.29, 0.717) is 11.1 Å². The summed E-state index contributed by atoms with van der Waals surface area (Å²) in [4.78, 5) is 4.29. The second-order valence-electron chi connectivity index (χ2n) is 5.32. The molecule has 2 rings (SSSR count). The molecule has 0 atom stereocenters. The molecular weight excluding hydrogens is 329 g/mol. The maximum atomic E-state index is 12.6. The van der Waals surface area contributed by atoms with Gasteiger partial charge >= 0.3 is 6.18 Å². The van der Waals surface area contributed by atoms with Gasteiger partial charge in [0.05, 0.1) is 18.1 Å². The highest BCUT2D eigenvalue weighted by molar-refractivity contribution is 6.29. The second kappa shape index (κ2) is 6.33. The van der Waals surface area contributed by atoms with Gasteiger partial charge in [0.1, 0.15) is 16.9 Å². The predicted octanol–water partition coefficient (Wildman–Crippen LogP) is 3.39. The van der Waals surface area contributed by atoms with Gasteiger partial charge in [-0.3, -0.25) is 5.41 Å². The number of imidazole rings is 1. The maximum absolute atomic E-state index is 12.6. The second-order valence-corrected chi connectivity index (χ2v) is 5.66. The van der Waals surface area contributed by atoms with E-state index in [1.165, 1.54) is 5.32 Å². The molecule has 23 heavy (non-hydrogen) atoms. The van der Waals surface area contributed by atoms with Crippen molar-refractivity contribution in [2.45, 2.75) is 26.1 Å². The molecule has 3 N–H and O–H groups in total. The lowest BCUT2D eigenvalue weighted by Gasteiger charge is -2.10. The average molecular weight is 346 g/mol. The van der Waals surface area contributed by atoms with Gasteiger partial charge in [-0.2, -0.15) is 13.2 Å². The summed E-state index contributed by atoms with van der Waals surface area (Å²) in [5, 5.41) is 8.98. The van der Waals surface area contributed by atoms with Crippen LogP contribution in [0, 0.1) is 5.41 Å². The number of nitrogens with two attached hydrogens (primary N) is 1. The van der Waals surface area contributed by atoms with Crippen molar-refractivity contribution in [1.29, 1.82) is 5.41 Å². The topological polar surface area (TPSA) is 58.3 Å². The fourth-order valence-electron chi connectivity index (χ4n) is 2.37. The van der Waals surface area contributed by atoms with Crippen LogP contribution in [0.25, 0.3) is 16.7 Å². The Hall–Kier alpha value is -1.86. The summed E-state index contributed by atoms with van der Waals surface area (Å²) in [5.41, 5.74) is 0.652. The number of aromatic nitrogens is 2. The number of fused-ring (bicyclic) bond motifs is 1. The number of benzene rings is 1. The molecule has 2 aromatic rings. The van der Waals surface area contributed by atoms with Crippen molar-refractivity contribution >= 4 is 34.0 Å². The largest absolute Gasteiger partial charge is 0.432 e. The van der Waals surface area contributed by atoms with Crippen LogP contribution in [0.4, 0.5) is 13.2 Å². The fraction of sp³-hybridized carbons (Fsp3) is 0.333. The summed E-state index contributed by atoms with van der Waals surface area (Å²) in [6.45, 7) is 3.89. The summed E-state index contributed by atoms with van der Waals surface area (Å²) < 4.78 is 39.7. The third-order valence-corrected chi connectivity index (χ3v) is 3.69. The Morgan fingerprint density at radius 1 is 1.39 bits per heavy atom. The zero-order valence-electron chi connectivity index (χ0n) is 12.9. The quantitative estimate of drug-likeness (QED) is 0.820. The number of hydrogen-bond acceptors (Lipinski definition) is 2. The van der Waals surface area contributed by atoms with Crippen molar-refractivity contribution in [2.75, 3.05) is 7.05 Å². The minimum atomic E-state index is -4.68. The standard InChI is InChI=1S/C15H16ClF3N4/c1-8(2)23-11-6-4-5-9(13(11)22-14(23)16)10(21-3)7-12(20)15(17,18)19/h4-8,20-21H,1-3H3/p+1/b10-7-,20-12?. The Morgan fingerprint density at radius 3 is 2.57 bits per heavy atom. The third kappa shape index (κ3) is 3.40. The summed E-state index contributed by atoms with van der Waals surface area (Å²) in [6.07, 6.45) is -3.88. The lowest BCUT2D eigenvalue weighted by Crippen LogP contribution is -2.76. The fourth-order valence-corrected chi connectivity index (χ4v) is 2.74. The lowest BCUT2D eigenvalue weighted by molar-refractivity contribution is -0.530. The van der Waals surface area contributed by atoms with E-state index in [9.17, 15) is 13.2 Å². The first-order valence-corrected chi connectivity index (χ1v) is 7.38. The molecule has 1 aromatic heterocycles. The van der Waals surface area contributed by atoms with Crippen LogP contribution in [0.3, 0.4) is 0 Å². The van der Waals surface area contributed by atoms with Crippen LogP contribution < -0.4 is 5.32 Å². The van der Waals surface area contributed by atoms with E-state index < -0.39 is 11.9 Å². The number of alkyl halides is 3. The van der Waals surface area contributed by atoms with Crippen molar-refractivity contribution in [3.8, 4) is 0 Å². The third-order valence-electron chi connectivity index (χ3n) is 3.42. The molecule has 0 aliphatic rings. The molecule has 1 aromatic carbocycles. The summed E-state index contributed by atoms with van der Waals surface area (Å²) in [7, 11) is 1.62. The van der Waals surface area contributed by atoms with Gasteiger partial charge in [-0.25, -0.2) is 4.98 Å². The molecule has 0 fully saturated rings. The number of rotatable bonds is 4. The van der Waals surface area contributed by atoms with Gasteiger partial charge in [0.2, 0.25) is 5.28 Å². The molecule has 0 saturated heterocycles.